The Morgan fingerprint density at radius 1 is 1.30 bits per heavy atom. The number of amides is 1. The van der Waals surface area contributed by atoms with Gasteiger partial charge in [-0.2, -0.15) is 0 Å². The second-order valence-electron chi connectivity index (χ2n) is 6.24. The highest BCUT2D eigenvalue weighted by Gasteiger charge is 2.36. The van der Waals surface area contributed by atoms with E-state index in [0.29, 0.717) is 18.0 Å². The van der Waals surface area contributed by atoms with Crippen LogP contribution in [0.3, 0.4) is 0 Å². The van der Waals surface area contributed by atoms with E-state index in [1.165, 1.54) is 12.1 Å². The molecule has 1 amide bonds. The van der Waals surface area contributed by atoms with Crippen molar-refractivity contribution in [2.45, 2.75) is 52.6 Å². The molecule has 1 aliphatic heterocycles. The van der Waals surface area contributed by atoms with Crippen LogP contribution in [0.25, 0.3) is 0 Å². The summed E-state index contributed by atoms with van der Waals surface area (Å²) in [7, 11) is 0. The van der Waals surface area contributed by atoms with Gasteiger partial charge in [0.15, 0.2) is 11.9 Å². The number of fused-ring (bicyclic) bond motifs is 1. The maximum absolute atomic E-state index is 12.7. The van der Waals surface area contributed by atoms with Crippen molar-refractivity contribution < 1.29 is 14.5 Å². The van der Waals surface area contributed by atoms with E-state index in [2.05, 4.69) is 6.92 Å². The quantitative estimate of drug-likeness (QED) is 0.433. The summed E-state index contributed by atoms with van der Waals surface area (Å²) in [6.07, 6.45) is 3.67. The highest BCUT2D eigenvalue weighted by molar-refractivity contribution is 6.00. The van der Waals surface area contributed by atoms with E-state index in [9.17, 15) is 14.9 Å². The molecule has 126 valence electrons. The van der Waals surface area contributed by atoms with Crippen LogP contribution in [0, 0.1) is 16.0 Å². The highest BCUT2D eigenvalue weighted by Crippen LogP contribution is 2.38. The number of unbranched alkanes of at least 4 members (excludes halogenated alkanes) is 3. The van der Waals surface area contributed by atoms with Crippen molar-refractivity contribution in [3.63, 3.8) is 0 Å². The summed E-state index contributed by atoms with van der Waals surface area (Å²) < 4.78 is 5.76. The minimum atomic E-state index is -0.587. The summed E-state index contributed by atoms with van der Waals surface area (Å²) in [4.78, 5) is 24.9. The van der Waals surface area contributed by atoms with E-state index < -0.39 is 11.0 Å². The fourth-order valence-corrected chi connectivity index (χ4v) is 2.74. The van der Waals surface area contributed by atoms with Crippen LogP contribution in [-0.2, 0) is 4.79 Å². The Balaban J connectivity index is 2.29. The topological polar surface area (TPSA) is 72.7 Å². The number of carbonyl (C=O) groups is 1. The number of hydrogen-bond donors (Lipinski definition) is 0. The zero-order valence-corrected chi connectivity index (χ0v) is 13.9. The molecule has 1 aliphatic rings. The predicted molar refractivity (Wildman–Crippen MR) is 88.8 cm³/mol. The monoisotopic (exact) mass is 320 g/mol. The molecule has 1 unspecified atom stereocenters. The number of ether oxygens (including phenoxy) is 1. The minimum absolute atomic E-state index is 0.00746. The zero-order chi connectivity index (χ0) is 17.0. The minimum Gasteiger partial charge on any atom is -0.478 e. The number of anilines is 1. The van der Waals surface area contributed by atoms with Crippen LogP contribution in [0.5, 0.6) is 5.75 Å². The number of nitro groups is 1. The third kappa shape index (κ3) is 3.81. The van der Waals surface area contributed by atoms with E-state index in [4.69, 9.17) is 4.74 Å². The van der Waals surface area contributed by atoms with Crippen LogP contribution >= 0.6 is 0 Å². The molecule has 1 heterocycles. The van der Waals surface area contributed by atoms with Gasteiger partial charge in [-0.15, -0.1) is 0 Å². The normalized spacial score (nSPS) is 17.1. The van der Waals surface area contributed by atoms with Gasteiger partial charge in [0.05, 0.1) is 16.7 Å². The first-order valence-corrected chi connectivity index (χ1v) is 8.22. The van der Waals surface area contributed by atoms with Crippen LogP contribution in [0.15, 0.2) is 18.2 Å². The van der Waals surface area contributed by atoms with Gasteiger partial charge in [0.2, 0.25) is 0 Å². The molecule has 6 heteroatoms. The fourth-order valence-electron chi connectivity index (χ4n) is 2.74. The molecular weight excluding hydrogens is 296 g/mol. The molecule has 0 radical (unpaired) electrons. The summed E-state index contributed by atoms with van der Waals surface area (Å²) in [6.45, 7) is 6.60. The molecule has 6 nitrogen and oxygen atoms in total. The average Bonchev–Trinajstić information content (AvgIpc) is 2.51. The number of benzene rings is 1. The SMILES string of the molecule is CCCCCCN1C(=O)C(C(C)C)Oc2cc([N+](=O)[O-])ccc21. The maximum Gasteiger partial charge on any atom is 0.273 e. The number of hydrogen-bond acceptors (Lipinski definition) is 4. The van der Waals surface area contributed by atoms with Crippen LogP contribution in [0.2, 0.25) is 0 Å². The second kappa shape index (κ2) is 7.44. The van der Waals surface area contributed by atoms with Crippen molar-refractivity contribution in [2.24, 2.45) is 5.92 Å². The number of nitro benzene ring substituents is 1. The van der Waals surface area contributed by atoms with Crippen LogP contribution in [0.1, 0.15) is 46.5 Å². The molecule has 1 aromatic carbocycles. The first-order chi connectivity index (χ1) is 11.0. The molecule has 23 heavy (non-hydrogen) atoms. The lowest BCUT2D eigenvalue weighted by atomic mass is 10.0. The zero-order valence-electron chi connectivity index (χ0n) is 13.9. The Labute approximate surface area is 136 Å². The van der Waals surface area contributed by atoms with Gasteiger partial charge in [-0.1, -0.05) is 40.0 Å². The molecular formula is C17H24N2O4. The van der Waals surface area contributed by atoms with Gasteiger partial charge in [0, 0.05) is 12.6 Å². The molecule has 2 rings (SSSR count). The van der Waals surface area contributed by atoms with Gasteiger partial charge < -0.3 is 9.64 Å². The molecule has 0 fully saturated rings. The maximum atomic E-state index is 12.7. The molecule has 0 saturated carbocycles. The van der Waals surface area contributed by atoms with Crippen LogP contribution < -0.4 is 9.64 Å². The highest BCUT2D eigenvalue weighted by atomic mass is 16.6. The van der Waals surface area contributed by atoms with Gasteiger partial charge in [-0.25, -0.2) is 0 Å². The van der Waals surface area contributed by atoms with Crippen molar-refractivity contribution in [2.75, 3.05) is 11.4 Å². The van der Waals surface area contributed by atoms with Crippen molar-refractivity contribution in [1.82, 2.24) is 0 Å². The third-order valence-corrected chi connectivity index (χ3v) is 4.05. The van der Waals surface area contributed by atoms with Crippen molar-refractivity contribution in [1.29, 1.82) is 0 Å². The standard InChI is InChI=1S/C17H24N2O4/c1-4-5-6-7-10-18-14-9-8-13(19(21)22)11-15(14)23-16(12(2)3)17(18)20/h8-9,11-12,16H,4-7,10H2,1-3H3. The largest absolute Gasteiger partial charge is 0.478 e. The molecule has 0 bridgehead atoms. The summed E-state index contributed by atoms with van der Waals surface area (Å²) in [5.41, 5.74) is 0.612. The number of nitrogens with zero attached hydrogens (tertiary/aromatic N) is 2. The summed E-state index contributed by atoms with van der Waals surface area (Å²) >= 11 is 0. The molecule has 0 saturated heterocycles. The van der Waals surface area contributed by atoms with Crippen LogP contribution in [-0.4, -0.2) is 23.5 Å². The van der Waals surface area contributed by atoms with Crippen molar-refractivity contribution >= 4 is 17.3 Å². The summed E-state index contributed by atoms with van der Waals surface area (Å²) in [5.74, 6) is 0.374. The van der Waals surface area contributed by atoms with Gasteiger partial charge in [-0.3, -0.25) is 14.9 Å². The van der Waals surface area contributed by atoms with E-state index in [1.807, 2.05) is 13.8 Å². The first kappa shape index (κ1) is 17.2. The Bertz CT molecular complexity index is 586. The van der Waals surface area contributed by atoms with Crippen molar-refractivity contribution in [3.8, 4) is 5.75 Å². The molecule has 0 N–H and O–H groups in total. The van der Waals surface area contributed by atoms with Gasteiger partial charge >= 0.3 is 0 Å². The summed E-state index contributed by atoms with van der Waals surface area (Å²) in [5, 5.41) is 11.0. The smallest absolute Gasteiger partial charge is 0.273 e. The molecule has 1 atom stereocenters. The fraction of sp³-hybridized carbons (Fsp3) is 0.588. The molecule has 1 aromatic rings. The van der Waals surface area contributed by atoms with Crippen LogP contribution in [0.4, 0.5) is 11.4 Å². The second-order valence-corrected chi connectivity index (χ2v) is 6.24. The Morgan fingerprint density at radius 3 is 2.65 bits per heavy atom. The number of rotatable bonds is 7. The molecule has 0 spiro atoms. The van der Waals surface area contributed by atoms with Crippen molar-refractivity contribution in [3.05, 3.63) is 28.3 Å². The Kier molecular flexibility index (Phi) is 5.58. The lowest BCUT2D eigenvalue weighted by Crippen LogP contribution is -2.48. The van der Waals surface area contributed by atoms with E-state index in [0.717, 1.165) is 25.7 Å². The predicted octanol–water partition coefficient (Wildman–Crippen LogP) is 3.93. The van der Waals surface area contributed by atoms with Gasteiger partial charge in [0.25, 0.3) is 11.6 Å². The van der Waals surface area contributed by atoms with Gasteiger partial charge in [-0.05, 0) is 18.4 Å². The average molecular weight is 320 g/mol. The Morgan fingerprint density at radius 2 is 2.04 bits per heavy atom. The molecule has 0 aromatic heterocycles. The number of non-ortho nitro benzene ring substituents is 1. The van der Waals surface area contributed by atoms with Gasteiger partial charge in [0.1, 0.15) is 0 Å². The Hall–Kier alpha value is -2.11. The summed E-state index contributed by atoms with van der Waals surface area (Å²) in [6, 6.07) is 4.45. The first-order valence-electron chi connectivity index (χ1n) is 8.22. The number of carbonyl (C=O) groups excluding carboxylic acids is 1. The lowest BCUT2D eigenvalue weighted by molar-refractivity contribution is -0.384. The van der Waals surface area contributed by atoms with E-state index >= 15 is 0 Å². The lowest BCUT2D eigenvalue weighted by Gasteiger charge is -2.36. The molecule has 0 aliphatic carbocycles. The van der Waals surface area contributed by atoms with E-state index in [1.54, 1.807) is 11.0 Å². The van der Waals surface area contributed by atoms with E-state index in [-0.39, 0.29) is 17.5 Å². The third-order valence-electron chi connectivity index (χ3n) is 4.05.